The van der Waals surface area contributed by atoms with E-state index in [1.54, 1.807) is 6.20 Å². The Morgan fingerprint density at radius 1 is 1.67 bits per heavy atom. The summed E-state index contributed by atoms with van der Waals surface area (Å²) in [6.07, 6.45) is 4.64. The second kappa shape index (κ2) is 4.45. The Morgan fingerprint density at radius 3 is 3.27 bits per heavy atom. The minimum Gasteiger partial charge on any atom is -0.304 e. The van der Waals surface area contributed by atoms with Crippen molar-refractivity contribution in [2.24, 2.45) is 0 Å². The summed E-state index contributed by atoms with van der Waals surface area (Å²) in [6, 6.07) is 4.58. The molecule has 0 N–H and O–H groups in total. The molecule has 80 valence electrons. The Balaban J connectivity index is 2.14. The molecule has 0 aromatic carbocycles. The van der Waals surface area contributed by atoms with Crippen LogP contribution >= 0.6 is 0 Å². The lowest BCUT2D eigenvalue weighted by molar-refractivity contribution is 0.200. The maximum atomic E-state index is 8.71. The fraction of sp³-hybridized carbons (Fsp3) is 0.636. The van der Waals surface area contributed by atoms with E-state index in [0.717, 1.165) is 12.2 Å². The first-order chi connectivity index (χ1) is 7.31. The van der Waals surface area contributed by atoms with Crippen LogP contribution in [0.2, 0.25) is 0 Å². The Morgan fingerprint density at radius 2 is 2.53 bits per heavy atom. The molecule has 0 saturated carbocycles. The lowest BCUT2D eigenvalue weighted by Crippen LogP contribution is -2.34. The van der Waals surface area contributed by atoms with Crippen molar-refractivity contribution in [3.05, 3.63) is 18.0 Å². The first-order valence-corrected chi connectivity index (χ1v) is 5.39. The van der Waals surface area contributed by atoms with Crippen molar-refractivity contribution in [3.8, 4) is 6.07 Å². The fourth-order valence-corrected chi connectivity index (χ4v) is 2.23. The molecule has 1 aromatic rings. The van der Waals surface area contributed by atoms with E-state index in [0.29, 0.717) is 12.5 Å². The average molecular weight is 204 g/mol. The van der Waals surface area contributed by atoms with E-state index < -0.39 is 0 Å². The molecule has 0 aliphatic carbocycles. The van der Waals surface area contributed by atoms with Gasteiger partial charge >= 0.3 is 0 Å². The number of likely N-dealkylation sites (tertiary alicyclic amines) is 1. The van der Waals surface area contributed by atoms with Crippen molar-refractivity contribution in [2.45, 2.75) is 25.3 Å². The zero-order valence-corrected chi connectivity index (χ0v) is 9.06. The third-order valence-electron chi connectivity index (χ3n) is 2.96. The number of likely N-dealkylation sites (N-methyl/N-ethyl adjacent to an activating group) is 1. The Kier molecular flexibility index (Phi) is 3.02. The number of hydrogen-bond acceptors (Lipinski definition) is 3. The van der Waals surface area contributed by atoms with Gasteiger partial charge in [-0.2, -0.15) is 10.4 Å². The van der Waals surface area contributed by atoms with Gasteiger partial charge in [0, 0.05) is 12.7 Å². The van der Waals surface area contributed by atoms with E-state index in [1.165, 1.54) is 19.4 Å². The van der Waals surface area contributed by atoms with Crippen LogP contribution in [0.25, 0.3) is 0 Å². The Hall–Kier alpha value is -1.34. The quantitative estimate of drug-likeness (QED) is 0.727. The number of rotatable bonds is 2. The van der Waals surface area contributed by atoms with Gasteiger partial charge in [-0.1, -0.05) is 0 Å². The summed E-state index contributed by atoms with van der Waals surface area (Å²) in [4.78, 5) is 2.33. The summed E-state index contributed by atoms with van der Waals surface area (Å²) in [5.74, 6) is 0. The van der Waals surface area contributed by atoms with Gasteiger partial charge in [0.15, 0.2) is 0 Å². The molecule has 0 spiro atoms. The number of nitriles is 1. The van der Waals surface area contributed by atoms with E-state index in [-0.39, 0.29) is 0 Å². The molecule has 15 heavy (non-hydrogen) atoms. The molecular weight excluding hydrogens is 188 g/mol. The Bertz CT molecular complexity index is 363. The summed E-state index contributed by atoms with van der Waals surface area (Å²) in [5, 5.41) is 13.0. The molecule has 0 bridgehead atoms. The second-order valence-electron chi connectivity index (χ2n) is 4.16. The van der Waals surface area contributed by atoms with Gasteiger partial charge in [0.2, 0.25) is 0 Å². The maximum Gasteiger partial charge on any atom is 0.0771 e. The molecule has 0 amide bonds. The standard InChI is InChI=1S/C11H16N4/c1-14-8-2-3-11(9-14)15-10(4-6-12)5-7-13-15/h5,7,11H,2-4,8-9H2,1H3. The van der Waals surface area contributed by atoms with Crippen molar-refractivity contribution in [1.82, 2.24) is 14.7 Å². The highest BCUT2D eigenvalue weighted by Gasteiger charge is 2.20. The first kappa shape index (κ1) is 10.2. The molecule has 1 aliphatic heterocycles. The van der Waals surface area contributed by atoms with Gasteiger partial charge in [0.1, 0.15) is 0 Å². The highest BCUT2D eigenvalue weighted by Crippen LogP contribution is 2.21. The van der Waals surface area contributed by atoms with E-state index >= 15 is 0 Å². The van der Waals surface area contributed by atoms with Crippen molar-refractivity contribution in [1.29, 1.82) is 5.26 Å². The first-order valence-electron chi connectivity index (χ1n) is 5.39. The van der Waals surface area contributed by atoms with Gasteiger partial charge in [0.25, 0.3) is 0 Å². The van der Waals surface area contributed by atoms with Crippen LogP contribution in [0.1, 0.15) is 24.6 Å². The molecule has 1 aliphatic rings. The van der Waals surface area contributed by atoms with E-state index in [2.05, 4.69) is 23.1 Å². The number of nitrogens with zero attached hydrogens (tertiary/aromatic N) is 4. The highest BCUT2D eigenvalue weighted by atomic mass is 15.3. The predicted octanol–water partition coefficient (Wildman–Crippen LogP) is 1.22. The minimum atomic E-state index is 0.446. The lowest BCUT2D eigenvalue weighted by atomic mass is 10.1. The second-order valence-corrected chi connectivity index (χ2v) is 4.16. The van der Waals surface area contributed by atoms with Gasteiger partial charge in [-0.05, 0) is 32.5 Å². The topological polar surface area (TPSA) is 44.9 Å². The zero-order chi connectivity index (χ0) is 10.7. The maximum absolute atomic E-state index is 8.71. The van der Waals surface area contributed by atoms with Crippen LogP contribution in [0.15, 0.2) is 12.3 Å². The summed E-state index contributed by atoms with van der Waals surface area (Å²) in [6.45, 7) is 2.21. The predicted molar refractivity (Wildman–Crippen MR) is 57.3 cm³/mol. The van der Waals surface area contributed by atoms with Gasteiger partial charge in [0.05, 0.1) is 24.2 Å². The number of aromatic nitrogens is 2. The molecule has 1 atom stereocenters. The van der Waals surface area contributed by atoms with Crippen molar-refractivity contribution >= 4 is 0 Å². The fourth-order valence-electron chi connectivity index (χ4n) is 2.23. The van der Waals surface area contributed by atoms with Crippen LogP contribution in [0.3, 0.4) is 0 Å². The molecule has 1 saturated heterocycles. The zero-order valence-electron chi connectivity index (χ0n) is 9.06. The molecule has 2 rings (SSSR count). The third kappa shape index (κ3) is 2.18. The van der Waals surface area contributed by atoms with Gasteiger partial charge in [-0.25, -0.2) is 0 Å². The SMILES string of the molecule is CN1CCCC(n2nccc2CC#N)C1. The lowest BCUT2D eigenvalue weighted by Gasteiger charge is -2.30. The van der Waals surface area contributed by atoms with E-state index in [4.69, 9.17) is 5.26 Å². The number of hydrogen-bond donors (Lipinski definition) is 0. The summed E-state index contributed by atoms with van der Waals surface area (Å²) >= 11 is 0. The van der Waals surface area contributed by atoms with E-state index in [1.807, 2.05) is 10.7 Å². The molecule has 1 unspecified atom stereocenters. The smallest absolute Gasteiger partial charge is 0.0771 e. The van der Waals surface area contributed by atoms with Crippen LogP contribution in [0.4, 0.5) is 0 Å². The van der Waals surface area contributed by atoms with Crippen LogP contribution in [0.5, 0.6) is 0 Å². The van der Waals surface area contributed by atoms with Crippen LogP contribution in [-0.4, -0.2) is 34.8 Å². The van der Waals surface area contributed by atoms with Crippen LogP contribution in [0, 0.1) is 11.3 Å². The van der Waals surface area contributed by atoms with Gasteiger partial charge in [-0.3, -0.25) is 4.68 Å². The van der Waals surface area contributed by atoms with E-state index in [9.17, 15) is 0 Å². The molecule has 4 heteroatoms. The van der Waals surface area contributed by atoms with Crippen molar-refractivity contribution in [2.75, 3.05) is 20.1 Å². The van der Waals surface area contributed by atoms with Gasteiger partial charge in [-0.15, -0.1) is 0 Å². The highest BCUT2D eigenvalue weighted by molar-refractivity contribution is 5.07. The van der Waals surface area contributed by atoms with Crippen molar-refractivity contribution < 1.29 is 0 Å². The van der Waals surface area contributed by atoms with Crippen molar-refractivity contribution in [3.63, 3.8) is 0 Å². The molecular formula is C11H16N4. The van der Waals surface area contributed by atoms with Gasteiger partial charge < -0.3 is 4.90 Å². The Labute approximate surface area is 90.1 Å². The molecule has 1 aromatic heterocycles. The van der Waals surface area contributed by atoms with Crippen LogP contribution in [-0.2, 0) is 6.42 Å². The molecule has 1 fully saturated rings. The average Bonchev–Trinajstić information content (AvgIpc) is 2.66. The molecule has 2 heterocycles. The summed E-state index contributed by atoms with van der Waals surface area (Å²) in [7, 11) is 2.14. The molecule has 4 nitrogen and oxygen atoms in total. The number of piperidine rings is 1. The summed E-state index contributed by atoms with van der Waals surface area (Å²) < 4.78 is 2.03. The molecule has 0 radical (unpaired) electrons. The van der Waals surface area contributed by atoms with Crippen LogP contribution < -0.4 is 0 Å². The minimum absolute atomic E-state index is 0.446. The third-order valence-corrected chi connectivity index (χ3v) is 2.96. The normalized spacial score (nSPS) is 22.5. The monoisotopic (exact) mass is 204 g/mol. The largest absolute Gasteiger partial charge is 0.304 e. The summed E-state index contributed by atoms with van der Waals surface area (Å²) in [5.41, 5.74) is 1.04.